The van der Waals surface area contributed by atoms with Crippen LogP contribution in [-0.4, -0.2) is 20.9 Å². The smallest absolute Gasteiger partial charge is 0.335 e. The van der Waals surface area contributed by atoms with E-state index in [1.165, 1.54) is 16.8 Å². The van der Waals surface area contributed by atoms with Crippen LogP contribution in [0.5, 0.6) is 0 Å². The summed E-state index contributed by atoms with van der Waals surface area (Å²) >= 11 is 1.07. The molecular weight excluding hydrogens is 324 g/mol. The Morgan fingerprint density at radius 2 is 2.21 bits per heavy atom. The van der Waals surface area contributed by atoms with Crippen LogP contribution in [0.25, 0.3) is 11.3 Å². The monoisotopic (exact) mass is 342 g/mol. The van der Waals surface area contributed by atoms with Crippen LogP contribution in [0.15, 0.2) is 47.3 Å². The van der Waals surface area contributed by atoms with E-state index < -0.39 is 5.97 Å². The Balaban J connectivity index is 1.92. The molecule has 0 aliphatic heterocycles. The minimum absolute atomic E-state index is 0.130. The number of carboxylic acids is 1. The molecule has 2 aromatic rings. The van der Waals surface area contributed by atoms with Gasteiger partial charge in [-0.15, -0.1) is 0 Å². The van der Waals surface area contributed by atoms with E-state index in [4.69, 9.17) is 5.11 Å². The van der Waals surface area contributed by atoms with Crippen molar-refractivity contribution in [2.24, 2.45) is 11.8 Å². The van der Waals surface area contributed by atoms with Crippen molar-refractivity contribution in [3.63, 3.8) is 0 Å². The highest BCUT2D eigenvalue weighted by Gasteiger charge is 2.17. The van der Waals surface area contributed by atoms with Crippen LogP contribution in [0.2, 0.25) is 0 Å². The van der Waals surface area contributed by atoms with E-state index in [1.54, 1.807) is 12.1 Å². The molecule has 1 aromatic heterocycles. The first-order chi connectivity index (χ1) is 11.5. The van der Waals surface area contributed by atoms with E-state index in [-0.39, 0.29) is 10.4 Å². The van der Waals surface area contributed by atoms with Crippen LogP contribution in [0.4, 0.5) is 0 Å². The largest absolute Gasteiger partial charge is 0.478 e. The molecule has 5 nitrogen and oxygen atoms in total. The molecule has 1 aliphatic rings. The van der Waals surface area contributed by atoms with E-state index in [2.05, 4.69) is 31.1 Å². The third-order valence-corrected chi connectivity index (χ3v) is 4.98. The van der Waals surface area contributed by atoms with Gasteiger partial charge in [0.2, 0.25) is 0 Å². The SMILES string of the molecule is CC(C)C1C=CC(c2nn(-c3cccc(C(=O)O)c3)c(=O)s2)=CC1. The van der Waals surface area contributed by atoms with Gasteiger partial charge >= 0.3 is 10.8 Å². The zero-order valence-electron chi connectivity index (χ0n) is 13.5. The number of rotatable bonds is 4. The molecule has 1 aliphatic carbocycles. The molecule has 1 unspecified atom stereocenters. The number of aromatic nitrogens is 2. The number of benzene rings is 1. The first-order valence-electron chi connectivity index (χ1n) is 7.78. The molecule has 1 N–H and O–H groups in total. The fourth-order valence-corrected chi connectivity index (χ4v) is 3.41. The van der Waals surface area contributed by atoms with Gasteiger partial charge in [-0.25, -0.2) is 4.79 Å². The normalized spacial score (nSPS) is 17.1. The molecule has 1 atom stereocenters. The number of carboxylic acid groups (broad SMARTS) is 1. The van der Waals surface area contributed by atoms with Gasteiger partial charge in [0.25, 0.3) is 0 Å². The molecule has 0 fully saturated rings. The van der Waals surface area contributed by atoms with Crippen molar-refractivity contribution in [2.45, 2.75) is 20.3 Å². The van der Waals surface area contributed by atoms with Crippen LogP contribution in [0.3, 0.4) is 0 Å². The van der Waals surface area contributed by atoms with Crippen molar-refractivity contribution in [3.05, 3.63) is 62.7 Å². The van der Waals surface area contributed by atoms with Crippen molar-refractivity contribution >= 4 is 22.9 Å². The summed E-state index contributed by atoms with van der Waals surface area (Å²) in [6.07, 6.45) is 7.23. The summed E-state index contributed by atoms with van der Waals surface area (Å²) in [7, 11) is 0. The lowest BCUT2D eigenvalue weighted by Crippen LogP contribution is -2.13. The number of aromatic carboxylic acids is 1. The van der Waals surface area contributed by atoms with Gasteiger partial charge in [0.05, 0.1) is 11.3 Å². The number of hydrogen-bond donors (Lipinski definition) is 1. The lowest BCUT2D eigenvalue weighted by atomic mass is 9.88. The van der Waals surface area contributed by atoms with Gasteiger partial charge in [0.1, 0.15) is 5.01 Å². The Kier molecular flexibility index (Phi) is 4.49. The van der Waals surface area contributed by atoms with E-state index in [0.29, 0.717) is 22.5 Å². The minimum atomic E-state index is -1.03. The molecule has 6 heteroatoms. The third-order valence-electron chi connectivity index (χ3n) is 4.12. The Labute approximate surface area is 143 Å². The molecule has 1 aromatic carbocycles. The predicted molar refractivity (Wildman–Crippen MR) is 94.7 cm³/mol. The Bertz CT molecular complexity index is 890. The molecular formula is C18H18N2O3S. The van der Waals surface area contributed by atoms with Crippen LogP contribution >= 0.6 is 11.3 Å². The standard InChI is InChI=1S/C18H18N2O3S/c1-11(2)12-6-8-13(9-7-12)16-19-20(18(23)24-16)15-5-3-4-14(10-15)17(21)22/h3-6,8-12H,7H2,1-2H3,(H,21,22). The summed E-state index contributed by atoms with van der Waals surface area (Å²) in [6.45, 7) is 4.38. The number of hydrogen-bond acceptors (Lipinski definition) is 4. The Morgan fingerprint density at radius 1 is 1.42 bits per heavy atom. The first kappa shape index (κ1) is 16.4. The van der Waals surface area contributed by atoms with Crippen molar-refractivity contribution in [2.75, 3.05) is 0 Å². The van der Waals surface area contributed by atoms with E-state index in [1.807, 2.05) is 6.08 Å². The quantitative estimate of drug-likeness (QED) is 0.921. The zero-order valence-corrected chi connectivity index (χ0v) is 14.3. The van der Waals surface area contributed by atoms with Crippen molar-refractivity contribution < 1.29 is 9.90 Å². The zero-order chi connectivity index (χ0) is 17.3. The summed E-state index contributed by atoms with van der Waals surface area (Å²) in [6, 6.07) is 6.23. The molecule has 0 spiro atoms. The highest BCUT2D eigenvalue weighted by molar-refractivity contribution is 7.10. The minimum Gasteiger partial charge on any atom is -0.478 e. The average molecular weight is 342 g/mol. The molecule has 0 bridgehead atoms. The van der Waals surface area contributed by atoms with Crippen LogP contribution in [-0.2, 0) is 0 Å². The molecule has 3 rings (SSSR count). The number of nitrogens with zero attached hydrogens (tertiary/aromatic N) is 2. The van der Waals surface area contributed by atoms with Gasteiger partial charge in [-0.1, -0.05) is 49.5 Å². The van der Waals surface area contributed by atoms with E-state index in [9.17, 15) is 9.59 Å². The maximum atomic E-state index is 12.3. The summed E-state index contributed by atoms with van der Waals surface area (Å²) in [5, 5.41) is 14.1. The maximum absolute atomic E-state index is 12.3. The summed E-state index contributed by atoms with van der Waals surface area (Å²) in [5.74, 6) is 0.0620. The van der Waals surface area contributed by atoms with Crippen LogP contribution in [0.1, 0.15) is 35.6 Å². The lowest BCUT2D eigenvalue weighted by Gasteiger charge is -2.18. The van der Waals surface area contributed by atoms with Crippen LogP contribution in [0, 0.1) is 11.8 Å². The topological polar surface area (TPSA) is 72.2 Å². The van der Waals surface area contributed by atoms with E-state index in [0.717, 1.165) is 23.3 Å². The maximum Gasteiger partial charge on any atom is 0.335 e. The summed E-state index contributed by atoms with van der Waals surface area (Å²) in [4.78, 5) is 23.1. The fourth-order valence-electron chi connectivity index (χ4n) is 2.62. The van der Waals surface area contributed by atoms with Gasteiger partial charge in [0, 0.05) is 5.57 Å². The van der Waals surface area contributed by atoms with Crippen molar-refractivity contribution in [1.82, 2.24) is 9.78 Å². The second-order valence-electron chi connectivity index (χ2n) is 6.10. The van der Waals surface area contributed by atoms with Crippen LogP contribution < -0.4 is 4.87 Å². The second kappa shape index (κ2) is 6.57. The third kappa shape index (κ3) is 3.23. The molecule has 0 amide bonds. The fraction of sp³-hybridized carbons (Fsp3) is 0.278. The first-order valence-corrected chi connectivity index (χ1v) is 8.60. The van der Waals surface area contributed by atoms with Gasteiger partial charge in [0.15, 0.2) is 0 Å². The summed E-state index contributed by atoms with van der Waals surface area (Å²) < 4.78 is 1.26. The number of carbonyl (C=O) groups is 1. The Hall–Kier alpha value is -2.47. The van der Waals surface area contributed by atoms with Gasteiger partial charge in [-0.2, -0.15) is 9.78 Å². The van der Waals surface area contributed by atoms with Crippen molar-refractivity contribution in [1.29, 1.82) is 0 Å². The average Bonchev–Trinajstić information content (AvgIpc) is 2.97. The Morgan fingerprint density at radius 3 is 2.83 bits per heavy atom. The molecule has 1 heterocycles. The van der Waals surface area contributed by atoms with Gasteiger partial charge in [-0.3, -0.25) is 4.79 Å². The number of allylic oxidation sites excluding steroid dienone is 4. The molecule has 0 saturated carbocycles. The highest BCUT2D eigenvalue weighted by atomic mass is 32.1. The summed E-state index contributed by atoms with van der Waals surface area (Å²) in [5.41, 5.74) is 1.54. The van der Waals surface area contributed by atoms with Gasteiger partial charge in [-0.05, 0) is 36.5 Å². The van der Waals surface area contributed by atoms with Gasteiger partial charge < -0.3 is 5.11 Å². The molecule has 0 saturated heterocycles. The molecule has 0 radical (unpaired) electrons. The second-order valence-corrected chi connectivity index (χ2v) is 7.04. The lowest BCUT2D eigenvalue weighted by molar-refractivity contribution is 0.0697. The highest BCUT2D eigenvalue weighted by Crippen LogP contribution is 2.28. The van der Waals surface area contributed by atoms with E-state index >= 15 is 0 Å². The van der Waals surface area contributed by atoms with Crippen molar-refractivity contribution in [3.8, 4) is 5.69 Å². The molecule has 24 heavy (non-hydrogen) atoms. The molecule has 124 valence electrons. The predicted octanol–water partition coefficient (Wildman–Crippen LogP) is 3.61.